The van der Waals surface area contributed by atoms with Gasteiger partial charge in [0.1, 0.15) is 11.5 Å². The maximum atomic E-state index is 13.1. The molecule has 1 amide bonds. The van der Waals surface area contributed by atoms with Crippen molar-refractivity contribution in [3.05, 3.63) is 69.6 Å². The molecule has 10 heteroatoms. The maximum absolute atomic E-state index is 13.1. The zero-order valence-electron chi connectivity index (χ0n) is 16.1. The number of nitrogens with zero attached hydrogens (tertiary/aromatic N) is 3. The van der Waals surface area contributed by atoms with Crippen LogP contribution in [0.5, 0.6) is 0 Å². The summed E-state index contributed by atoms with van der Waals surface area (Å²) < 4.78 is 11.9. The minimum Gasteiger partial charge on any atom is -0.467 e. The number of carbonyl (C=O) groups is 1. The molecule has 30 heavy (non-hydrogen) atoms. The van der Waals surface area contributed by atoms with Crippen LogP contribution in [0.1, 0.15) is 18.4 Å². The Morgan fingerprint density at radius 2 is 2.17 bits per heavy atom. The number of amides is 1. The van der Waals surface area contributed by atoms with Crippen LogP contribution < -0.4 is 10.9 Å². The molecule has 4 rings (SSSR count). The molecule has 8 nitrogen and oxygen atoms in total. The summed E-state index contributed by atoms with van der Waals surface area (Å²) in [6.45, 7) is 3.65. The van der Waals surface area contributed by atoms with Gasteiger partial charge in [-0.3, -0.25) is 14.2 Å². The third-order valence-corrected chi connectivity index (χ3v) is 5.63. The van der Waals surface area contributed by atoms with Crippen LogP contribution in [0, 0.1) is 6.92 Å². The van der Waals surface area contributed by atoms with Gasteiger partial charge in [-0.05, 0) is 44.2 Å². The average Bonchev–Trinajstić information content (AvgIpc) is 3.36. The van der Waals surface area contributed by atoms with Gasteiger partial charge in [0.15, 0.2) is 11.0 Å². The van der Waals surface area contributed by atoms with Crippen LogP contribution in [0.2, 0.25) is 5.02 Å². The molecule has 1 atom stereocenters. The van der Waals surface area contributed by atoms with Gasteiger partial charge in [0.05, 0.1) is 29.0 Å². The number of furan rings is 1. The highest BCUT2D eigenvalue weighted by molar-refractivity contribution is 8.00. The van der Waals surface area contributed by atoms with Crippen molar-refractivity contribution in [2.75, 3.05) is 5.32 Å². The van der Waals surface area contributed by atoms with Crippen molar-refractivity contribution in [2.24, 2.45) is 0 Å². The second-order valence-corrected chi connectivity index (χ2v) is 8.34. The number of nitrogens with one attached hydrogen (secondary N) is 1. The van der Waals surface area contributed by atoms with Crippen molar-refractivity contribution >= 4 is 46.0 Å². The van der Waals surface area contributed by atoms with E-state index in [1.807, 2.05) is 0 Å². The largest absolute Gasteiger partial charge is 0.467 e. The van der Waals surface area contributed by atoms with Crippen molar-refractivity contribution in [1.29, 1.82) is 0 Å². The summed E-state index contributed by atoms with van der Waals surface area (Å²) in [6.07, 6.45) is 1.54. The quantitative estimate of drug-likeness (QED) is 0.352. The lowest BCUT2D eigenvalue weighted by Crippen LogP contribution is -2.27. The number of hydrogen-bond acceptors (Lipinski definition) is 7. The Labute approximate surface area is 180 Å². The Bertz CT molecular complexity index is 1270. The van der Waals surface area contributed by atoms with Crippen LogP contribution in [0.15, 0.2) is 61.6 Å². The molecule has 0 aliphatic rings. The van der Waals surface area contributed by atoms with Gasteiger partial charge in [0, 0.05) is 11.1 Å². The number of halogens is 1. The molecule has 0 spiro atoms. The summed E-state index contributed by atoms with van der Waals surface area (Å²) in [5.74, 6) is 1.23. The Kier molecular flexibility index (Phi) is 5.65. The molecule has 0 saturated carbocycles. The van der Waals surface area contributed by atoms with Crippen LogP contribution in [-0.4, -0.2) is 25.9 Å². The number of aryl methyl sites for hydroxylation is 1. The van der Waals surface area contributed by atoms with Gasteiger partial charge in [-0.25, -0.2) is 4.98 Å². The smallest absolute Gasteiger partial charge is 0.262 e. The van der Waals surface area contributed by atoms with E-state index in [1.165, 1.54) is 10.8 Å². The van der Waals surface area contributed by atoms with Crippen molar-refractivity contribution in [2.45, 2.75) is 30.8 Å². The first-order valence-electron chi connectivity index (χ1n) is 9.04. The average molecular weight is 445 g/mol. The Morgan fingerprint density at radius 3 is 2.87 bits per heavy atom. The summed E-state index contributed by atoms with van der Waals surface area (Å²) in [6, 6.07) is 10.1. The van der Waals surface area contributed by atoms with Gasteiger partial charge in [0.2, 0.25) is 5.91 Å². The second-order valence-electron chi connectivity index (χ2n) is 6.60. The molecule has 0 radical (unpaired) electrons. The second kappa shape index (κ2) is 8.37. The minimum atomic E-state index is -0.562. The number of rotatable bonds is 6. The Morgan fingerprint density at radius 1 is 1.33 bits per heavy atom. The lowest BCUT2D eigenvalue weighted by atomic mass is 10.2. The van der Waals surface area contributed by atoms with Gasteiger partial charge in [-0.1, -0.05) is 28.5 Å². The first kappa shape index (κ1) is 20.2. The van der Waals surface area contributed by atoms with E-state index >= 15 is 0 Å². The molecule has 3 aromatic heterocycles. The zero-order chi connectivity index (χ0) is 21.3. The van der Waals surface area contributed by atoms with E-state index in [0.29, 0.717) is 38.4 Å². The number of carbonyl (C=O) groups excluding carboxylic acids is 1. The number of anilines is 1. The number of hydrogen-bond donors (Lipinski definition) is 1. The molecule has 0 aliphatic carbocycles. The van der Waals surface area contributed by atoms with Crippen LogP contribution in [0.4, 0.5) is 5.82 Å². The monoisotopic (exact) mass is 444 g/mol. The third kappa shape index (κ3) is 4.27. The van der Waals surface area contributed by atoms with Crippen LogP contribution in [0.25, 0.3) is 10.9 Å². The molecular formula is C20H17ClN4O4S. The lowest BCUT2D eigenvalue weighted by molar-refractivity contribution is -0.115. The Balaban J connectivity index is 1.68. The molecule has 1 unspecified atom stereocenters. The molecule has 1 aromatic carbocycles. The van der Waals surface area contributed by atoms with Crippen molar-refractivity contribution in [1.82, 2.24) is 14.7 Å². The number of fused-ring (bicyclic) bond motifs is 1. The molecule has 4 aromatic rings. The summed E-state index contributed by atoms with van der Waals surface area (Å²) in [4.78, 5) is 30.3. The predicted molar refractivity (Wildman–Crippen MR) is 114 cm³/mol. The summed E-state index contributed by atoms with van der Waals surface area (Å²) in [5, 5.41) is 7.18. The molecule has 0 fully saturated rings. The molecule has 1 N–H and O–H groups in total. The van der Waals surface area contributed by atoms with Crippen LogP contribution in [0.3, 0.4) is 0 Å². The first-order valence-corrected chi connectivity index (χ1v) is 10.3. The molecule has 3 heterocycles. The fourth-order valence-corrected chi connectivity index (χ4v) is 3.90. The van der Waals surface area contributed by atoms with E-state index in [4.69, 9.17) is 20.5 Å². The first-order chi connectivity index (χ1) is 14.4. The standard InChI is InChI=1S/C20H17ClN4O4S/c1-11-8-17(24-29-11)23-18(26)12(2)30-20-22-16-9-13(21)5-6-15(16)19(27)25(20)10-14-4-3-7-28-14/h3-9,12H,10H2,1-2H3,(H,23,24,26). The lowest BCUT2D eigenvalue weighted by Gasteiger charge is -2.15. The van der Waals surface area contributed by atoms with Crippen molar-refractivity contribution in [3.63, 3.8) is 0 Å². The van der Waals surface area contributed by atoms with Gasteiger partial charge in [0.25, 0.3) is 5.56 Å². The molecular weight excluding hydrogens is 428 g/mol. The fourth-order valence-electron chi connectivity index (χ4n) is 2.83. The number of aromatic nitrogens is 3. The van der Waals surface area contributed by atoms with E-state index in [1.54, 1.807) is 50.2 Å². The fraction of sp³-hybridized carbons (Fsp3) is 0.200. The number of benzene rings is 1. The predicted octanol–water partition coefficient (Wildman–Crippen LogP) is 4.11. The Hall–Kier alpha value is -3.04. The highest BCUT2D eigenvalue weighted by Gasteiger charge is 2.21. The molecule has 0 aliphatic heterocycles. The molecule has 0 saturated heterocycles. The van der Waals surface area contributed by atoms with E-state index in [2.05, 4.69) is 15.5 Å². The van der Waals surface area contributed by atoms with E-state index in [-0.39, 0.29) is 18.0 Å². The van der Waals surface area contributed by atoms with Gasteiger partial charge >= 0.3 is 0 Å². The van der Waals surface area contributed by atoms with Crippen molar-refractivity contribution < 1.29 is 13.7 Å². The van der Waals surface area contributed by atoms with E-state index in [9.17, 15) is 9.59 Å². The third-order valence-electron chi connectivity index (χ3n) is 4.31. The molecule has 154 valence electrons. The highest BCUT2D eigenvalue weighted by Crippen LogP contribution is 2.25. The summed E-state index contributed by atoms with van der Waals surface area (Å²) in [7, 11) is 0. The SMILES string of the molecule is Cc1cc(NC(=O)C(C)Sc2nc3cc(Cl)ccc3c(=O)n2Cc2ccco2)no1. The van der Waals surface area contributed by atoms with Crippen molar-refractivity contribution in [3.8, 4) is 0 Å². The van der Waals surface area contributed by atoms with E-state index in [0.717, 1.165) is 11.8 Å². The maximum Gasteiger partial charge on any atom is 0.262 e. The topological polar surface area (TPSA) is 103 Å². The zero-order valence-corrected chi connectivity index (χ0v) is 17.7. The number of thioether (sulfide) groups is 1. The van der Waals surface area contributed by atoms with Crippen LogP contribution in [-0.2, 0) is 11.3 Å². The highest BCUT2D eigenvalue weighted by atomic mass is 35.5. The minimum absolute atomic E-state index is 0.191. The van der Waals surface area contributed by atoms with Gasteiger partial charge in [-0.2, -0.15) is 0 Å². The molecule has 0 bridgehead atoms. The summed E-state index contributed by atoms with van der Waals surface area (Å²) in [5.41, 5.74) is 0.223. The summed E-state index contributed by atoms with van der Waals surface area (Å²) >= 11 is 7.23. The van der Waals surface area contributed by atoms with E-state index < -0.39 is 5.25 Å². The van der Waals surface area contributed by atoms with Gasteiger partial charge in [-0.15, -0.1) is 0 Å². The van der Waals surface area contributed by atoms with Gasteiger partial charge < -0.3 is 14.3 Å². The normalized spacial score (nSPS) is 12.2. The van der Waals surface area contributed by atoms with Crippen LogP contribution >= 0.6 is 23.4 Å².